The fourth-order valence-corrected chi connectivity index (χ4v) is 2.75. The van der Waals surface area contributed by atoms with Crippen molar-refractivity contribution < 1.29 is 14.3 Å². The minimum Gasteiger partial charge on any atom is -0.370 e. The molecule has 3 rings (SSSR count). The molecule has 0 saturated carbocycles. The summed E-state index contributed by atoms with van der Waals surface area (Å²) in [5, 5.41) is 0.908. The molecule has 1 aliphatic rings. The fraction of sp³-hybridized carbons (Fsp3) is 0.312. The number of anilines is 1. The molecule has 2 N–H and O–H groups in total. The van der Waals surface area contributed by atoms with Gasteiger partial charge in [0.05, 0.1) is 18.5 Å². The van der Waals surface area contributed by atoms with Crippen LogP contribution in [0, 0.1) is 0 Å². The lowest BCUT2D eigenvalue weighted by Crippen LogP contribution is -2.49. The van der Waals surface area contributed by atoms with Crippen LogP contribution in [0.5, 0.6) is 0 Å². The zero-order valence-electron chi connectivity index (χ0n) is 12.7. The van der Waals surface area contributed by atoms with E-state index in [-0.39, 0.29) is 17.9 Å². The van der Waals surface area contributed by atoms with Gasteiger partial charge in [0.25, 0.3) is 11.5 Å². The summed E-state index contributed by atoms with van der Waals surface area (Å²) in [6.45, 7) is 0.718. The average Bonchev–Trinajstić information content (AvgIpc) is 2.52. The average molecular weight is 315 g/mol. The maximum absolute atomic E-state index is 12.5. The van der Waals surface area contributed by atoms with Crippen LogP contribution in [0.2, 0.25) is 0 Å². The van der Waals surface area contributed by atoms with E-state index < -0.39 is 12.0 Å². The number of morpholine rings is 1. The van der Waals surface area contributed by atoms with Gasteiger partial charge in [-0.2, -0.15) is 0 Å². The van der Waals surface area contributed by atoms with E-state index in [9.17, 15) is 14.4 Å². The van der Waals surface area contributed by atoms with Gasteiger partial charge >= 0.3 is 0 Å². The summed E-state index contributed by atoms with van der Waals surface area (Å²) < 4.78 is 6.87. The lowest BCUT2D eigenvalue weighted by molar-refractivity contribution is -0.138. The largest absolute Gasteiger partial charge is 0.370 e. The second-order valence-corrected chi connectivity index (χ2v) is 5.49. The highest BCUT2D eigenvalue weighted by Gasteiger charge is 2.31. The summed E-state index contributed by atoms with van der Waals surface area (Å²) in [5.74, 6) is -0.874. The number of nitrogens with zero attached hydrogens (tertiary/aromatic N) is 2. The molecule has 7 nitrogen and oxygen atoms in total. The number of ether oxygens (including phenoxy) is 1. The van der Waals surface area contributed by atoms with Crippen LogP contribution >= 0.6 is 0 Å². The first kappa shape index (κ1) is 15.2. The smallest absolute Gasteiger partial charge is 0.256 e. The van der Waals surface area contributed by atoms with Crippen LogP contribution in [-0.2, 0) is 21.4 Å². The molecule has 0 spiro atoms. The minimum absolute atomic E-state index is 0.116. The number of benzene rings is 1. The van der Waals surface area contributed by atoms with Crippen molar-refractivity contribution in [3.8, 4) is 0 Å². The van der Waals surface area contributed by atoms with Gasteiger partial charge in [-0.1, -0.05) is 6.07 Å². The zero-order valence-corrected chi connectivity index (χ0v) is 12.7. The molecule has 1 fully saturated rings. The Morgan fingerprint density at radius 3 is 2.78 bits per heavy atom. The Balaban J connectivity index is 1.99. The lowest BCUT2D eigenvalue weighted by atomic mass is 10.1. The number of amides is 2. The number of pyridine rings is 1. The number of nitrogens with two attached hydrogens (primary N) is 1. The predicted molar refractivity (Wildman–Crippen MR) is 85.1 cm³/mol. The van der Waals surface area contributed by atoms with Crippen LogP contribution in [0.25, 0.3) is 10.9 Å². The van der Waals surface area contributed by atoms with Crippen LogP contribution in [-0.4, -0.2) is 35.6 Å². The molecule has 1 atom stereocenters. The molecule has 23 heavy (non-hydrogen) atoms. The highest BCUT2D eigenvalue weighted by atomic mass is 16.5. The number of carbonyl (C=O) groups is 2. The third-order valence-electron chi connectivity index (χ3n) is 3.99. The van der Waals surface area contributed by atoms with Crippen molar-refractivity contribution in [1.82, 2.24) is 4.57 Å². The third kappa shape index (κ3) is 2.83. The van der Waals surface area contributed by atoms with Gasteiger partial charge in [-0.3, -0.25) is 14.4 Å². The zero-order chi connectivity index (χ0) is 16.6. The Kier molecular flexibility index (Phi) is 3.87. The molecule has 7 heteroatoms. The number of aromatic nitrogens is 1. The molecule has 2 amide bonds. The SMILES string of the molecule is Cn1c(=O)ccc2ccc(N3CCO[C@H](CC(N)=O)C3=O)cc21. The van der Waals surface area contributed by atoms with Gasteiger partial charge in [0.1, 0.15) is 6.10 Å². The van der Waals surface area contributed by atoms with E-state index in [0.29, 0.717) is 18.8 Å². The van der Waals surface area contributed by atoms with Crippen LogP contribution in [0.4, 0.5) is 5.69 Å². The number of hydrogen-bond donors (Lipinski definition) is 1. The Morgan fingerprint density at radius 2 is 2.04 bits per heavy atom. The molecule has 1 saturated heterocycles. The molecular formula is C16H17N3O4. The van der Waals surface area contributed by atoms with Crippen molar-refractivity contribution in [2.75, 3.05) is 18.1 Å². The van der Waals surface area contributed by atoms with Gasteiger partial charge in [0.15, 0.2) is 0 Å². The molecule has 0 unspecified atom stereocenters. The van der Waals surface area contributed by atoms with E-state index in [1.807, 2.05) is 12.1 Å². The van der Waals surface area contributed by atoms with Crippen molar-refractivity contribution in [3.63, 3.8) is 0 Å². The molecule has 1 aromatic heterocycles. The number of hydrogen-bond acceptors (Lipinski definition) is 4. The second-order valence-electron chi connectivity index (χ2n) is 5.49. The summed E-state index contributed by atoms with van der Waals surface area (Å²) in [5.41, 5.74) is 6.44. The van der Waals surface area contributed by atoms with E-state index in [0.717, 1.165) is 10.9 Å². The number of aryl methyl sites for hydroxylation is 1. The normalized spacial score (nSPS) is 18.4. The van der Waals surface area contributed by atoms with Gasteiger partial charge in [0, 0.05) is 25.3 Å². The maximum atomic E-state index is 12.5. The Bertz CT molecular complexity index is 843. The number of rotatable bonds is 3. The van der Waals surface area contributed by atoms with Crippen molar-refractivity contribution in [1.29, 1.82) is 0 Å². The lowest BCUT2D eigenvalue weighted by Gasteiger charge is -2.32. The Hall–Kier alpha value is -2.67. The van der Waals surface area contributed by atoms with E-state index in [1.54, 1.807) is 24.1 Å². The number of carbonyl (C=O) groups excluding carboxylic acids is 2. The number of primary amides is 1. The first-order valence-electron chi connectivity index (χ1n) is 7.28. The van der Waals surface area contributed by atoms with Crippen LogP contribution in [0.3, 0.4) is 0 Å². The fourth-order valence-electron chi connectivity index (χ4n) is 2.75. The summed E-state index contributed by atoms with van der Waals surface area (Å²) in [7, 11) is 1.69. The molecule has 2 aromatic rings. The molecular weight excluding hydrogens is 298 g/mol. The van der Waals surface area contributed by atoms with Crippen LogP contribution in [0.15, 0.2) is 35.1 Å². The molecule has 0 radical (unpaired) electrons. The second kappa shape index (κ2) is 5.85. The van der Waals surface area contributed by atoms with Gasteiger partial charge in [0.2, 0.25) is 5.91 Å². The first-order chi connectivity index (χ1) is 11.0. The molecule has 120 valence electrons. The molecule has 0 bridgehead atoms. The highest BCUT2D eigenvalue weighted by Crippen LogP contribution is 2.24. The highest BCUT2D eigenvalue weighted by molar-refractivity contribution is 6.00. The van der Waals surface area contributed by atoms with Gasteiger partial charge < -0.3 is 19.9 Å². The number of fused-ring (bicyclic) bond motifs is 1. The topological polar surface area (TPSA) is 94.6 Å². The van der Waals surface area contributed by atoms with Gasteiger partial charge in [-0.25, -0.2) is 0 Å². The Morgan fingerprint density at radius 1 is 1.30 bits per heavy atom. The monoisotopic (exact) mass is 315 g/mol. The van der Waals surface area contributed by atoms with Crippen molar-refractivity contribution in [2.45, 2.75) is 12.5 Å². The predicted octanol–water partition coefficient (Wildman–Crippen LogP) is 0.146. The van der Waals surface area contributed by atoms with Crippen molar-refractivity contribution >= 4 is 28.4 Å². The Labute approximate surface area is 132 Å². The van der Waals surface area contributed by atoms with Crippen molar-refractivity contribution in [2.24, 2.45) is 12.8 Å². The van der Waals surface area contributed by atoms with E-state index in [1.165, 1.54) is 10.6 Å². The van der Waals surface area contributed by atoms with Crippen molar-refractivity contribution in [3.05, 3.63) is 40.7 Å². The summed E-state index contributed by atoms with van der Waals surface area (Å²) >= 11 is 0. The van der Waals surface area contributed by atoms with Gasteiger partial charge in [-0.15, -0.1) is 0 Å². The molecule has 1 aliphatic heterocycles. The molecule has 0 aliphatic carbocycles. The van der Waals surface area contributed by atoms with E-state index in [4.69, 9.17) is 10.5 Å². The maximum Gasteiger partial charge on any atom is 0.256 e. The van der Waals surface area contributed by atoms with E-state index >= 15 is 0 Å². The third-order valence-corrected chi connectivity index (χ3v) is 3.99. The minimum atomic E-state index is -0.850. The van der Waals surface area contributed by atoms with Crippen LogP contribution < -0.4 is 16.2 Å². The first-order valence-corrected chi connectivity index (χ1v) is 7.28. The molecule has 2 heterocycles. The van der Waals surface area contributed by atoms with Gasteiger partial charge in [-0.05, 0) is 23.6 Å². The standard InChI is InChI=1S/C16H17N3O4/c1-18-12-8-11(4-2-10(12)3-5-15(18)21)19-6-7-23-13(16(19)22)9-14(17)20/h2-5,8,13H,6-7,9H2,1H3,(H2,17,20)/t13-/m1/s1. The quantitative estimate of drug-likeness (QED) is 0.872. The summed E-state index contributed by atoms with van der Waals surface area (Å²) in [6, 6.07) is 8.72. The molecule has 1 aromatic carbocycles. The van der Waals surface area contributed by atoms with E-state index in [2.05, 4.69) is 0 Å². The summed E-state index contributed by atoms with van der Waals surface area (Å²) in [4.78, 5) is 36.9. The van der Waals surface area contributed by atoms with Crippen LogP contribution in [0.1, 0.15) is 6.42 Å². The summed E-state index contributed by atoms with van der Waals surface area (Å²) in [6.07, 6.45) is -0.988.